The van der Waals surface area contributed by atoms with Crippen LogP contribution in [0, 0.1) is 5.82 Å². The summed E-state index contributed by atoms with van der Waals surface area (Å²) in [6.45, 7) is 2.05. The molecule has 0 saturated carbocycles. The number of urea groups is 1. The van der Waals surface area contributed by atoms with Gasteiger partial charge in [0.25, 0.3) is 0 Å². The van der Waals surface area contributed by atoms with Crippen molar-refractivity contribution < 1.29 is 19.1 Å². The van der Waals surface area contributed by atoms with Crippen molar-refractivity contribution in [3.05, 3.63) is 35.6 Å². The van der Waals surface area contributed by atoms with Gasteiger partial charge in [-0.05, 0) is 24.1 Å². The number of carboxylic acids is 1. The summed E-state index contributed by atoms with van der Waals surface area (Å²) in [6, 6.07) is 4.26. The molecule has 0 aliphatic rings. The summed E-state index contributed by atoms with van der Waals surface area (Å²) in [7, 11) is 0. The fraction of sp³-hybridized carbons (Fsp3) is 0.385. The molecule has 1 aromatic carbocycles. The monoisotopic (exact) mass is 268 g/mol. The lowest BCUT2D eigenvalue weighted by molar-refractivity contribution is -0.139. The smallest absolute Gasteiger partial charge is 0.326 e. The highest BCUT2D eigenvalue weighted by Crippen LogP contribution is 2.02. The number of aliphatic carboxylic acids is 1. The fourth-order valence-electron chi connectivity index (χ4n) is 1.54. The van der Waals surface area contributed by atoms with Crippen LogP contribution in [0.25, 0.3) is 0 Å². The maximum Gasteiger partial charge on any atom is 0.326 e. The molecule has 0 fully saturated rings. The van der Waals surface area contributed by atoms with Crippen LogP contribution in [0.4, 0.5) is 9.18 Å². The minimum absolute atomic E-state index is 0.213. The lowest BCUT2D eigenvalue weighted by Crippen LogP contribution is -2.45. The molecule has 19 heavy (non-hydrogen) atoms. The molecule has 0 bridgehead atoms. The molecule has 0 aliphatic heterocycles. The van der Waals surface area contributed by atoms with Gasteiger partial charge in [0, 0.05) is 6.54 Å². The van der Waals surface area contributed by atoms with Crippen molar-refractivity contribution in [3.63, 3.8) is 0 Å². The van der Waals surface area contributed by atoms with Crippen molar-refractivity contribution in [2.24, 2.45) is 0 Å². The third-order valence-electron chi connectivity index (χ3n) is 2.55. The highest BCUT2D eigenvalue weighted by atomic mass is 19.1. The lowest BCUT2D eigenvalue weighted by atomic mass is 10.2. The van der Waals surface area contributed by atoms with E-state index >= 15 is 0 Å². The van der Waals surface area contributed by atoms with Crippen molar-refractivity contribution >= 4 is 12.0 Å². The first-order valence-electron chi connectivity index (χ1n) is 6.04. The number of amides is 2. The Hall–Kier alpha value is -2.11. The van der Waals surface area contributed by atoms with Gasteiger partial charge in [-0.15, -0.1) is 0 Å². The molecule has 1 atom stereocenters. The molecule has 3 N–H and O–H groups in total. The number of carboxylic acid groups (broad SMARTS) is 1. The van der Waals surface area contributed by atoms with Crippen LogP contribution in [0.2, 0.25) is 0 Å². The van der Waals surface area contributed by atoms with E-state index < -0.39 is 18.0 Å². The van der Waals surface area contributed by atoms with E-state index in [-0.39, 0.29) is 12.4 Å². The van der Waals surface area contributed by atoms with Crippen LogP contribution in [0.15, 0.2) is 24.3 Å². The number of hydrogen-bond donors (Lipinski definition) is 3. The second-order valence-corrected chi connectivity index (χ2v) is 4.13. The van der Waals surface area contributed by atoms with Crippen LogP contribution in [-0.4, -0.2) is 23.1 Å². The van der Waals surface area contributed by atoms with Crippen LogP contribution >= 0.6 is 0 Å². The minimum atomic E-state index is -1.06. The third kappa shape index (κ3) is 5.37. The Balaban J connectivity index is 2.42. The summed E-state index contributed by atoms with van der Waals surface area (Å²) in [5.41, 5.74) is 0.735. The van der Waals surface area contributed by atoms with E-state index in [4.69, 9.17) is 5.11 Å². The zero-order valence-electron chi connectivity index (χ0n) is 10.6. The van der Waals surface area contributed by atoms with E-state index in [1.807, 2.05) is 6.92 Å². The molecule has 104 valence electrons. The van der Waals surface area contributed by atoms with E-state index in [9.17, 15) is 14.0 Å². The van der Waals surface area contributed by atoms with E-state index in [1.165, 1.54) is 12.1 Å². The Bertz CT molecular complexity index is 434. The first kappa shape index (κ1) is 14.9. The van der Waals surface area contributed by atoms with Crippen LogP contribution in [0.1, 0.15) is 25.3 Å². The molecule has 1 aromatic rings. The summed E-state index contributed by atoms with van der Waals surface area (Å²) in [5.74, 6) is -1.40. The first-order valence-corrected chi connectivity index (χ1v) is 6.04. The SMILES string of the molecule is CCCC(NC(=O)NCc1ccc(F)cc1)C(=O)O. The molecular formula is C13H17FN2O3. The Labute approximate surface area is 110 Å². The number of nitrogens with one attached hydrogen (secondary N) is 2. The molecule has 5 nitrogen and oxygen atoms in total. The van der Waals surface area contributed by atoms with Gasteiger partial charge in [0.1, 0.15) is 11.9 Å². The Kier molecular flexibility index (Phi) is 5.78. The van der Waals surface area contributed by atoms with Gasteiger partial charge in [-0.1, -0.05) is 25.5 Å². The average Bonchev–Trinajstić information content (AvgIpc) is 2.37. The topological polar surface area (TPSA) is 78.4 Å². The summed E-state index contributed by atoms with van der Waals surface area (Å²) in [4.78, 5) is 22.4. The molecule has 1 rings (SSSR count). The maximum atomic E-state index is 12.7. The standard InChI is InChI=1S/C13H17FN2O3/c1-2-3-11(12(17)18)16-13(19)15-8-9-4-6-10(14)7-5-9/h4-7,11H,2-3,8H2,1H3,(H,17,18)(H2,15,16,19). The van der Waals surface area contributed by atoms with Gasteiger partial charge in [-0.3, -0.25) is 0 Å². The number of rotatable bonds is 6. The predicted molar refractivity (Wildman–Crippen MR) is 68.1 cm³/mol. The first-order chi connectivity index (χ1) is 9.02. The van der Waals surface area contributed by atoms with Crippen molar-refractivity contribution in [2.75, 3.05) is 0 Å². The largest absolute Gasteiger partial charge is 0.480 e. The molecular weight excluding hydrogens is 251 g/mol. The van der Waals surface area contributed by atoms with Gasteiger partial charge in [-0.2, -0.15) is 0 Å². The van der Waals surface area contributed by atoms with Gasteiger partial charge in [0.15, 0.2) is 0 Å². The lowest BCUT2D eigenvalue weighted by Gasteiger charge is -2.14. The molecule has 0 aliphatic carbocycles. The average molecular weight is 268 g/mol. The highest BCUT2D eigenvalue weighted by Gasteiger charge is 2.18. The zero-order valence-corrected chi connectivity index (χ0v) is 10.6. The molecule has 0 spiro atoms. The number of hydrogen-bond acceptors (Lipinski definition) is 2. The molecule has 0 saturated heterocycles. The van der Waals surface area contributed by atoms with Crippen molar-refractivity contribution in [3.8, 4) is 0 Å². The van der Waals surface area contributed by atoms with Gasteiger partial charge in [0.2, 0.25) is 0 Å². The number of carbonyl (C=O) groups excluding carboxylic acids is 1. The third-order valence-corrected chi connectivity index (χ3v) is 2.55. The molecule has 0 radical (unpaired) electrons. The fourth-order valence-corrected chi connectivity index (χ4v) is 1.54. The zero-order chi connectivity index (χ0) is 14.3. The van der Waals surface area contributed by atoms with Gasteiger partial charge >= 0.3 is 12.0 Å². The molecule has 6 heteroatoms. The van der Waals surface area contributed by atoms with Crippen LogP contribution in [0.5, 0.6) is 0 Å². The predicted octanol–water partition coefficient (Wildman–Crippen LogP) is 1.88. The summed E-state index contributed by atoms with van der Waals surface area (Å²) in [5, 5.41) is 13.8. The Morgan fingerprint density at radius 2 is 1.95 bits per heavy atom. The van der Waals surface area contributed by atoms with Crippen molar-refractivity contribution in [2.45, 2.75) is 32.4 Å². The van der Waals surface area contributed by atoms with Gasteiger partial charge in [0.05, 0.1) is 0 Å². The van der Waals surface area contributed by atoms with E-state index in [0.29, 0.717) is 12.8 Å². The second kappa shape index (κ2) is 7.35. The number of carbonyl (C=O) groups is 2. The second-order valence-electron chi connectivity index (χ2n) is 4.13. The van der Waals surface area contributed by atoms with E-state index in [0.717, 1.165) is 5.56 Å². The van der Waals surface area contributed by atoms with E-state index in [2.05, 4.69) is 10.6 Å². The highest BCUT2D eigenvalue weighted by molar-refractivity contribution is 5.82. The van der Waals surface area contributed by atoms with Crippen molar-refractivity contribution in [1.29, 1.82) is 0 Å². The summed E-state index contributed by atoms with van der Waals surface area (Å²) >= 11 is 0. The molecule has 0 aromatic heterocycles. The summed E-state index contributed by atoms with van der Waals surface area (Å²) < 4.78 is 12.7. The number of benzene rings is 1. The van der Waals surface area contributed by atoms with Gasteiger partial charge in [-0.25, -0.2) is 14.0 Å². The van der Waals surface area contributed by atoms with Crippen LogP contribution < -0.4 is 10.6 Å². The van der Waals surface area contributed by atoms with Crippen LogP contribution in [0.3, 0.4) is 0 Å². The molecule has 2 amide bonds. The normalized spacial score (nSPS) is 11.7. The number of halogens is 1. The quantitative estimate of drug-likeness (QED) is 0.737. The molecule has 1 unspecified atom stereocenters. The van der Waals surface area contributed by atoms with Gasteiger partial charge < -0.3 is 15.7 Å². The Morgan fingerprint density at radius 3 is 2.47 bits per heavy atom. The van der Waals surface area contributed by atoms with Crippen molar-refractivity contribution in [1.82, 2.24) is 10.6 Å². The molecule has 0 heterocycles. The maximum absolute atomic E-state index is 12.7. The van der Waals surface area contributed by atoms with Crippen LogP contribution in [-0.2, 0) is 11.3 Å². The Morgan fingerprint density at radius 1 is 1.32 bits per heavy atom. The minimum Gasteiger partial charge on any atom is -0.480 e. The van der Waals surface area contributed by atoms with E-state index in [1.54, 1.807) is 12.1 Å². The summed E-state index contributed by atoms with van der Waals surface area (Å²) in [6.07, 6.45) is 1.04.